The second-order valence-corrected chi connectivity index (χ2v) is 3.40. The Kier molecular flexibility index (Phi) is 4.07. The lowest BCUT2D eigenvalue weighted by atomic mass is 10.3. The van der Waals surface area contributed by atoms with Crippen LogP contribution in [0, 0.1) is 10.1 Å². The largest absolute Gasteiger partial charge is 0.491 e. The minimum atomic E-state index is -1.20. The minimum absolute atomic E-state index is 0.126. The Morgan fingerprint density at radius 3 is 2.88 bits per heavy atom. The van der Waals surface area contributed by atoms with E-state index in [4.69, 9.17) is 21.4 Å². The van der Waals surface area contributed by atoms with Gasteiger partial charge in [-0.05, 0) is 6.07 Å². The molecule has 0 heterocycles. The maximum Gasteiger partial charge on any atom is 0.325 e. The van der Waals surface area contributed by atoms with Gasteiger partial charge in [0.2, 0.25) is 0 Å². The summed E-state index contributed by atoms with van der Waals surface area (Å²) < 4.78 is 5.00. The minimum Gasteiger partial charge on any atom is -0.491 e. The van der Waals surface area contributed by atoms with Crippen molar-refractivity contribution in [1.82, 2.24) is 0 Å². The number of hydrogen-bond donors (Lipinski definition) is 1. The van der Waals surface area contributed by atoms with Crippen molar-refractivity contribution in [3.05, 3.63) is 34.4 Å². The number of nitrogens with zero attached hydrogens (tertiary/aromatic N) is 1. The first kappa shape index (κ1) is 12.3. The lowest BCUT2D eigenvalue weighted by molar-refractivity contribution is -0.384. The van der Waals surface area contributed by atoms with E-state index in [1.54, 1.807) is 0 Å². The zero-order chi connectivity index (χ0) is 12.1. The maximum atomic E-state index is 10.4. The lowest BCUT2D eigenvalue weighted by Crippen LogP contribution is -2.21. The molecule has 0 aliphatic heterocycles. The monoisotopic (exact) mass is 245 g/mol. The first-order chi connectivity index (χ1) is 7.50. The van der Waals surface area contributed by atoms with E-state index in [1.165, 1.54) is 24.3 Å². The van der Waals surface area contributed by atoms with Crippen molar-refractivity contribution in [3.8, 4) is 5.75 Å². The second-order valence-electron chi connectivity index (χ2n) is 2.87. The number of carboxylic acids is 1. The summed E-state index contributed by atoms with van der Waals surface area (Å²) in [7, 11) is 0. The number of non-ortho nitro benzene ring substituents is 1. The fraction of sp³-hybridized carbons (Fsp3) is 0.222. The highest BCUT2D eigenvalue weighted by atomic mass is 35.5. The van der Waals surface area contributed by atoms with E-state index in [1.807, 2.05) is 0 Å². The summed E-state index contributed by atoms with van der Waals surface area (Å²) in [5.41, 5.74) is -0.126. The van der Waals surface area contributed by atoms with Gasteiger partial charge in [-0.15, -0.1) is 11.6 Å². The Morgan fingerprint density at radius 1 is 1.62 bits per heavy atom. The molecule has 0 saturated heterocycles. The first-order valence-corrected chi connectivity index (χ1v) is 4.68. The molecule has 86 valence electrons. The summed E-state index contributed by atoms with van der Waals surface area (Å²) in [5, 5.41) is 17.7. The van der Waals surface area contributed by atoms with Crippen molar-refractivity contribution >= 4 is 23.3 Å². The number of nitro groups is 1. The Morgan fingerprint density at radius 2 is 2.31 bits per heavy atom. The van der Waals surface area contributed by atoms with Crippen LogP contribution in [-0.4, -0.2) is 28.0 Å². The summed E-state index contributed by atoms with van der Waals surface area (Å²) in [6.45, 7) is -0.252. The van der Waals surface area contributed by atoms with Crippen LogP contribution in [0.1, 0.15) is 0 Å². The van der Waals surface area contributed by atoms with E-state index in [0.29, 0.717) is 0 Å². The summed E-state index contributed by atoms with van der Waals surface area (Å²) in [6.07, 6.45) is 0. The number of ether oxygens (including phenoxy) is 1. The third-order valence-corrected chi connectivity index (χ3v) is 2.01. The van der Waals surface area contributed by atoms with Crippen LogP contribution in [0.5, 0.6) is 5.75 Å². The van der Waals surface area contributed by atoms with Gasteiger partial charge in [-0.25, -0.2) is 0 Å². The van der Waals surface area contributed by atoms with Crippen molar-refractivity contribution in [3.63, 3.8) is 0 Å². The smallest absolute Gasteiger partial charge is 0.325 e. The van der Waals surface area contributed by atoms with Gasteiger partial charge in [0.25, 0.3) is 5.69 Å². The predicted molar refractivity (Wildman–Crippen MR) is 55.9 cm³/mol. The molecule has 16 heavy (non-hydrogen) atoms. The fourth-order valence-electron chi connectivity index (χ4n) is 0.928. The SMILES string of the molecule is O=C(O)C(Cl)COc1cccc([N+](=O)[O-])c1. The lowest BCUT2D eigenvalue weighted by Gasteiger charge is -2.07. The van der Waals surface area contributed by atoms with Crippen LogP contribution in [0.4, 0.5) is 5.69 Å². The van der Waals surface area contributed by atoms with Crippen LogP contribution < -0.4 is 4.74 Å². The number of hydrogen-bond acceptors (Lipinski definition) is 4. The number of nitro benzene ring substituents is 1. The standard InChI is InChI=1S/C9H8ClNO5/c10-8(9(12)13)5-16-7-3-1-2-6(4-7)11(14)15/h1-4,8H,5H2,(H,12,13). The molecule has 0 radical (unpaired) electrons. The van der Waals surface area contributed by atoms with Crippen molar-refractivity contribution < 1.29 is 19.6 Å². The van der Waals surface area contributed by atoms with Gasteiger partial charge in [0, 0.05) is 6.07 Å². The molecule has 0 spiro atoms. The average Bonchev–Trinajstić information content (AvgIpc) is 2.26. The zero-order valence-corrected chi connectivity index (χ0v) is 8.76. The van der Waals surface area contributed by atoms with Gasteiger partial charge in [0.15, 0.2) is 5.38 Å². The first-order valence-electron chi connectivity index (χ1n) is 4.25. The van der Waals surface area contributed by atoms with Gasteiger partial charge >= 0.3 is 5.97 Å². The van der Waals surface area contributed by atoms with E-state index >= 15 is 0 Å². The molecule has 0 amide bonds. The molecular formula is C9H8ClNO5. The van der Waals surface area contributed by atoms with Crippen LogP contribution in [0.2, 0.25) is 0 Å². The summed E-state index contributed by atoms with van der Waals surface area (Å²) >= 11 is 5.41. The molecule has 6 nitrogen and oxygen atoms in total. The van der Waals surface area contributed by atoms with Crippen LogP contribution in [-0.2, 0) is 4.79 Å². The number of rotatable bonds is 5. The summed E-state index contributed by atoms with van der Waals surface area (Å²) in [4.78, 5) is 20.2. The van der Waals surface area contributed by atoms with Crippen LogP contribution in [0.15, 0.2) is 24.3 Å². The van der Waals surface area contributed by atoms with Crippen molar-refractivity contribution in [1.29, 1.82) is 0 Å². The summed E-state index contributed by atoms with van der Waals surface area (Å²) in [6, 6.07) is 5.43. The molecule has 1 aromatic rings. The van der Waals surface area contributed by atoms with E-state index in [9.17, 15) is 14.9 Å². The fourth-order valence-corrected chi connectivity index (χ4v) is 0.991. The highest BCUT2D eigenvalue weighted by Gasteiger charge is 2.15. The molecule has 7 heteroatoms. The number of alkyl halides is 1. The molecule has 0 aromatic heterocycles. The normalized spacial score (nSPS) is 11.8. The number of halogens is 1. The molecule has 1 unspecified atom stereocenters. The Bertz CT molecular complexity index is 409. The Balaban J connectivity index is 2.64. The van der Waals surface area contributed by atoms with Crippen LogP contribution in [0.25, 0.3) is 0 Å². The Hall–Kier alpha value is -1.82. The van der Waals surface area contributed by atoms with E-state index in [-0.39, 0.29) is 18.0 Å². The topological polar surface area (TPSA) is 89.7 Å². The van der Waals surface area contributed by atoms with Gasteiger partial charge in [0.1, 0.15) is 12.4 Å². The summed E-state index contributed by atoms with van der Waals surface area (Å²) in [5.74, 6) is -0.992. The average molecular weight is 246 g/mol. The third-order valence-electron chi connectivity index (χ3n) is 1.69. The molecule has 1 N–H and O–H groups in total. The highest BCUT2D eigenvalue weighted by molar-refractivity contribution is 6.29. The van der Waals surface area contributed by atoms with Crippen LogP contribution >= 0.6 is 11.6 Å². The maximum absolute atomic E-state index is 10.4. The van der Waals surface area contributed by atoms with Gasteiger partial charge in [-0.2, -0.15) is 0 Å². The van der Waals surface area contributed by atoms with E-state index in [2.05, 4.69) is 0 Å². The molecule has 0 bridgehead atoms. The molecule has 0 aliphatic rings. The number of aliphatic carboxylic acids is 1. The number of carboxylic acid groups (broad SMARTS) is 1. The molecule has 1 atom stereocenters. The van der Waals surface area contributed by atoms with E-state index < -0.39 is 16.3 Å². The van der Waals surface area contributed by atoms with Crippen molar-refractivity contribution in [2.45, 2.75) is 5.38 Å². The number of carbonyl (C=O) groups is 1. The molecule has 0 saturated carbocycles. The quantitative estimate of drug-likeness (QED) is 0.484. The van der Waals surface area contributed by atoms with Gasteiger partial charge in [0.05, 0.1) is 11.0 Å². The number of benzene rings is 1. The Labute approximate surface area is 95.6 Å². The zero-order valence-electron chi connectivity index (χ0n) is 8.00. The van der Waals surface area contributed by atoms with Crippen molar-refractivity contribution in [2.75, 3.05) is 6.61 Å². The predicted octanol–water partition coefficient (Wildman–Crippen LogP) is 1.67. The van der Waals surface area contributed by atoms with E-state index in [0.717, 1.165) is 0 Å². The molecule has 0 fully saturated rings. The van der Waals surface area contributed by atoms with Gasteiger partial charge in [-0.3, -0.25) is 14.9 Å². The third kappa shape index (κ3) is 3.39. The van der Waals surface area contributed by atoms with Gasteiger partial charge < -0.3 is 9.84 Å². The molecule has 1 aromatic carbocycles. The molecular weight excluding hydrogens is 238 g/mol. The molecule has 1 rings (SSSR count). The van der Waals surface area contributed by atoms with Gasteiger partial charge in [-0.1, -0.05) is 6.07 Å². The second kappa shape index (κ2) is 5.32. The molecule has 0 aliphatic carbocycles. The highest BCUT2D eigenvalue weighted by Crippen LogP contribution is 2.19. The van der Waals surface area contributed by atoms with Crippen LogP contribution in [0.3, 0.4) is 0 Å². The van der Waals surface area contributed by atoms with Crippen molar-refractivity contribution in [2.24, 2.45) is 0 Å².